The lowest BCUT2D eigenvalue weighted by Crippen LogP contribution is -2.28. The van der Waals surface area contributed by atoms with E-state index in [-0.39, 0.29) is 24.8 Å². The van der Waals surface area contributed by atoms with Crippen LogP contribution in [0.4, 0.5) is 9.18 Å². The molecule has 4 nitrogen and oxygen atoms in total. The molecule has 1 aromatic carbocycles. The molecule has 0 unspecified atom stereocenters. The maximum atomic E-state index is 13.0. The summed E-state index contributed by atoms with van der Waals surface area (Å²) >= 11 is 0. The summed E-state index contributed by atoms with van der Waals surface area (Å²) in [7, 11) is 0. The summed E-state index contributed by atoms with van der Waals surface area (Å²) in [6.45, 7) is 2.13. The van der Waals surface area contributed by atoms with Crippen molar-refractivity contribution in [3.63, 3.8) is 0 Å². The van der Waals surface area contributed by atoms with Crippen LogP contribution in [0.5, 0.6) is 0 Å². The largest absolute Gasteiger partial charge is 0.324 e. The van der Waals surface area contributed by atoms with Gasteiger partial charge < -0.3 is 4.90 Å². The third-order valence-electron chi connectivity index (χ3n) is 2.54. The molecule has 0 aromatic heterocycles. The van der Waals surface area contributed by atoms with Crippen LogP contribution in [0.25, 0.3) is 0 Å². The van der Waals surface area contributed by atoms with Crippen molar-refractivity contribution in [2.24, 2.45) is 0 Å². The molecular weight excluding hydrogens is 211 g/mol. The Hall–Kier alpha value is -1.91. The third-order valence-corrected chi connectivity index (χ3v) is 2.54. The standard InChI is InChI=1S/C11H11FN2O2/c1-7-2-3-9(12)4-8(7)5-14-6-10(15)13-11(14)16/h2-4H,5-6H2,1H3,(H,13,15,16). The zero-order valence-electron chi connectivity index (χ0n) is 8.79. The Morgan fingerprint density at radius 1 is 1.44 bits per heavy atom. The van der Waals surface area contributed by atoms with E-state index in [4.69, 9.17) is 0 Å². The van der Waals surface area contributed by atoms with Crippen LogP contribution in [-0.4, -0.2) is 23.4 Å². The number of rotatable bonds is 2. The number of carbonyl (C=O) groups is 2. The van der Waals surface area contributed by atoms with Crippen molar-refractivity contribution in [1.29, 1.82) is 0 Å². The van der Waals surface area contributed by atoms with Crippen LogP contribution in [-0.2, 0) is 11.3 Å². The van der Waals surface area contributed by atoms with Crippen LogP contribution < -0.4 is 5.32 Å². The second kappa shape index (κ2) is 3.92. The summed E-state index contributed by atoms with van der Waals surface area (Å²) in [5.41, 5.74) is 1.61. The van der Waals surface area contributed by atoms with Gasteiger partial charge in [0.2, 0.25) is 5.91 Å². The van der Waals surface area contributed by atoms with Crippen molar-refractivity contribution in [3.05, 3.63) is 35.1 Å². The fourth-order valence-electron chi connectivity index (χ4n) is 1.63. The Labute approximate surface area is 92.0 Å². The number of halogens is 1. The molecule has 1 heterocycles. The van der Waals surface area contributed by atoms with Crippen LogP contribution >= 0.6 is 0 Å². The highest BCUT2D eigenvalue weighted by Crippen LogP contribution is 2.14. The normalized spacial score (nSPS) is 15.5. The monoisotopic (exact) mass is 222 g/mol. The van der Waals surface area contributed by atoms with Gasteiger partial charge >= 0.3 is 6.03 Å². The van der Waals surface area contributed by atoms with E-state index in [1.54, 1.807) is 6.07 Å². The van der Waals surface area contributed by atoms with Gasteiger partial charge in [0.15, 0.2) is 0 Å². The van der Waals surface area contributed by atoms with Crippen molar-refractivity contribution in [2.45, 2.75) is 13.5 Å². The van der Waals surface area contributed by atoms with Gasteiger partial charge in [-0.3, -0.25) is 10.1 Å². The van der Waals surface area contributed by atoms with Gasteiger partial charge in [0.25, 0.3) is 0 Å². The quantitative estimate of drug-likeness (QED) is 0.764. The number of imide groups is 1. The van der Waals surface area contributed by atoms with E-state index in [1.165, 1.54) is 17.0 Å². The maximum absolute atomic E-state index is 13.0. The summed E-state index contributed by atoms with van der Waals surface area (Å²) in [4.78, 5) is 23.6. The molecule has 1 N–H and O–H groups in total. The number of hydrogen-bond donors (Lipinski definition) is 1. The molecule has 3 amide bonds. The number of benzene rings is 1. The SMILES string of the molecule is Cc1ccc(F)cc1CN1CC(=O)NC1=O. The van der Waals surface area contributed by atoms with Crippen molar-refractivity contribution in [1.82, 2.24) is 10.2 Å². The molecule has 5 heteroatoms. The summed E-state index contributed by atoms with van der Waals surface area (Å²) in [6, 6.07) is 3.98. The number of amides is 3. The van der Waals surface area contributed by atoms with E-state index in [1.807, 2.05) is 6.92 Å². The number of nitrogens with zero attached hydrogens (tertiary/aromatic N) is 1. The second-order valence-corrected chi connectivity index (χ2v) is 3.78. The van der Waals surface area contributed by atoms with Crippen molar-refractivity contribution in [3.8, 4) is 0 Å². The predicted octanol–water partition coefficient (Wildman–Crippen LogP) is 1.19. The zero-order chi connectivity index (χ0) is 11.7. The number of hydrogen-bond acceptors (Lipinski definition) is 2. The van der Waals surface area contributed by atoms with Crippen LogP contribution in [0.1, 0.15) is 11.1 Å². The Kier molecular flexibility index (Phi) is 2.60. The first-order valence-corrected chi connectivity index (χ1v) is 4.90. The Balaban J connectivity index is 2.18. The highest BCUT2D eigenvalue weighted by molar-refractivity contribution is 6.01. The molecule has 0 spiro atoms. The van der Waals surface area contributed by atoms with Crippen LogP contribution in [0, 0.1) is 12.7 Å². The zero-order valence-corrected chi connectivity index (χ0v) is 8.79. The van der Waals surface area contributed by atoms with Gasteiger partial charge in [-0.25, -0.2) is 9.18 Å². The molecule has 16 heavy (non-hydrogen) atoms. The van der Waals surface area contributed by atoms with E-state index in [9.17, 15) is 14.0 Å². The minimum absolute atomic E-state index is 0.0365. The Bertz CT molecular complexity index is 459. The molecule has 0 saturated carbocycles. The number of carbonyl (C=O) groups excluding carboxylic acids is 2. The molecule has 2 rings (SSSR count). The van der Waals surface area contributed by atoms with Crippen molar-refractivity contribution in [2.75, 3.05) is 6.54 Å². The molecule has 84 valence electrons. The lowest BCUT2D eigenvalue weighted by molar-refractivity contribution is -0.118. The van der Waals surface area contributed by atoms with E-state index < -0.39 is 6.03 Å². The summed E-state index contributed by atoms with van der Waals surface area (Å²) < 4.78 is 13.0. The average Bonchev–Trinajstić information content (AvgIpc) is 2.51. The minimum Gasteiger partial charge on any atom is -0.311 e. The average molecular weight is 222 g/mol. The Morgan fingerprint density at radius 3 is 2.81 bits per heavy atom. The lowest BCUT2D eigenvalue weighted by Gasteiger charge is -2.14. The molecule has 1 aromatic rings. The molecule has 1 aliphatic heterocycles. The smallest absolute Gasteiger partial charge is 0.311 e. The Morgan fingerprint density at radius 2 is 2.19 bits per heavy atom. The summed E-state index contributed by atoms with van der Waals surface area (Å²) in [6.07, 6.45) is 0. The first kappa shape index (κ1) is 10.6. The molecule has 0 bridgehead atoms. The number of aryl methyl sites for hydroxylation is 1. The van der Waals surface area contributed by atoms with Crippen LogP contribution in [0.15, 0.2) is 18.2 Å². The van der Waals surface area contributed by atoms with Gasteiger partial charge in [-0.05, 0) is 30.2 Å². The lowest BCUT2D eigenvalue weighted by atomic mass is 10.1. The van der Waals surface area contributed by atoms with Gasteiger partial charge in [-0.2, -0.15) is 0 Å². The van der Waals surface area contributed by atoms with Crippen molar-refractivity contribution >= 4 is 11.9 Å². The van der Waals surface area contributed by atoms with Gasteiger partial charge in [0.05, 0.1) is 0 Å². The van der Waals surface area contributed by atoms with Gasteiger partial charge in [-0.1, -0.05) is 6.07 Å². The van der Waals surface area contributed by atoms with Gasteiger partial charge in [-0.15, -0.1) is 0 Å². The maximum Gasteiger partial charge on any atom is 0.324 e. The first-order chi connectivity index (χ1) is 7.56. The van der Waals surface area contributed by atoms with E-state index >= 15 is 0 Å². The fraction of sp³-hybridized carbons (Fsp3) is 0.273. The third kappa shape index (κ3) is 2.03. The summed E-state index contributed by atoms with van der Waals surface area (Å²) in [5, 5.41) is 2.18. The molecule has 1 aliphatic rings. The topological polar surface area (TPSA) is 49.4 Å². The summed E-state index contributed by atoms with van der Waals surface area (Å²) in [5.74, 6) is -0.661. The molecule has 0 atom stereocenters. The first-order valence-electron chi connectivity index (χ1n) is 4.90. The van der Waals surface area contributed by atoms with E-state index in [0.29, 0.717) is 5.56 Å². The van der Waals surface area contributed by atoms with Gasteiger partial charge in [0.1, 0.15) is 12.4 Å². The molecule has 0 aliphatic carbocycles. The number of nitrogens with one attached hydrogen (secondary N) is 1. The second-order valence-electron chi connectivity index (χ2n) is 3.78. The molecular formula is C11H11FN2O2. The van der Waals surface area contributed by atoms with Crippen LogP contribution in [0.3, 0.4) is 0 Å². The minimum atomic E-state index is -0.423. The van der Waals surface area contributed by atoms with Gasteiger partial charge in [0, 0.05) is 6.54 Å². The van der Waals surface area contributed by atoms with E-state index in [2.05, 4.69) is 5.32 Å². The molecule has 0 radical (unpaired) electrons. The van der Waals surface area contributed by atoms with E-state index in [0.717, 1.165) is 5.56 Å². The molecule has 1 saturated heterocycles. The number of urea groups is 1. The van der Waals surface area contributed by atoms with Crippen molar-refractivity contribution < 1.29 is 14.0 Å². The highest BCUT2D eigenvalue weighted by atomic mass is 19.1. The highest BCUT2D eigenvalue weighted by Gasteiger charge is 2.26. The molecule has 1 fully saturated rings. The fourth-order valence-corrected chi connectivity index (χ4v) is 1.63. The van der Waals surface area contributed by atoms with Crippen LogP contribution in [0.2, 0.25) is 0 Å². The predicted molar refractivity (Wildman–Crippen MR) is 55.1 cm³/mol.